The molecular weight excluding hydrogens is 256 g/mol. The highest BCUT2D eigenvalue weighted by Gasteiger charge is 2.41. The minimum absolute atomic E-state index is 0.355. The molecule has 21 heavy (non-hydrogen) atoms. The summed E-state index contributed by atoms with van der Waals surface area (Å²) in [4.78, 5) is 2.82. The SMILES string of the molecule is CCCCCCCN1CC(C(C)(C)C)NCC1(CC)CC. The van der Waals surface area contributed by atoms with E-state index in [1.165, 1.54) is 58.0 Å². The fraction of sp³-hybridized carbons (Fsp3) is 1.00. The van der Waals surface area contributed by atoms with Crippen LogP contribution in [0.3, 0.4) is 0 Å². The molecule has 0 radical (unpaired) electrons. The highest BCUT2D eigenvalue weighted by atomic mass is 15.3. The van der Waals surface area contributed by atoms with Crippen molar-refractivity contribution >= 4 is 0 Å². The molecule has 0 aliphatic carbocycles. The average molecular weight is 297 g/mol. The van der Waals surface area contributed by atoms with Crippen molar-refractivity contribution in [2.75, 3.05) is 19.6 Å². The maximum Gasteiger partial charge on any atom is 0.0329 e. The van der Waals surface area contributed by atoms with Crippen LogP contribution in [0.5, 0.6) is 0 Å². The van der Waals surface area contributed by atoms with Crippen molar-refractivity contribution in [3.05, 3.63) is 0 Å². The third-order valence-corrected chi connectivity index (χ3v) is 5.64. The Morgan fingerprint density at radius 3 is 2.14 bits per heavy atom. The summed E-state index contributed by atoms with van der Waals surface area (Å²) in [7, 11) is 0. The monoisotopic (exact) mass is 296 g/mol. The molecule has 1 N–H and O–H groups in total. The van der Waals surface area contributed by atoms with E-state index >= 15 is 0 Å². The molecule has 0 amide bonds. The van der Waals surface area contributed by atoms with E-state index in [0.717, 1.165) is 6.54 Å². The van der Waals surface area contributed by atoms with Gasteiger partial charge in [0, 0.05) is 24.7 Å². The first kappa shape index (κ1) is 19.0. The van der Waals surface area contributed by atoms with Gasteiger partial charge in [0.2, 0.25) is 0 Å². The van der Waals surface area contributed by atoms with Crippen molar-refractivity contribution in [2.24, 2.45) is 5.41 Å². The molecule has 0 aromatic rings. The number of nitrogens with zero attached hydrogens (tertiary/aromatic N) is 1. The number of hydrogen-bond acceptors (Lipinski definition) is 2. The number of hydrogen-bond donors (Lipinski definition) is 1. The standard InChI is InChI=1S/C19H40N2/c1-7-10-11-12-13-14-21-15-17(18(4,5)6)20-16-19(21,8-2)9-3/h17,20H,7-16H2,1-6H3. The summed E-state index contributed by atoms with van der Waals surface area (Å²) in [5.74, 6) is 0. The van der Waals surface area contributed by atoms with E-state index in [9.17, 15) is 0 Å². The number of rotatable bonds is 8. The van der Waals surface area contributed by atoms with Crippen LogP contribution in [0, 0.1) is 5.41 Å². The lowest BCUT2D eigenvalue weighted by molar-refractivity contribution is 0.00664. The number of piperazine rings is 1. The van der Waals surface area contributed by atoms with Gasteiger partial charge in [-0.25, -0.2) is 0 Å². The molecular formula is C19H40N2. The summed E-state index contributed by atoms with van der Waals surface area (Å²) in [6, 6.07) is 0.624. The third kappa shape index (κ3) is 5.25. The Balaban J connectivity index is 2.61. The van der Waals surface area contributed by atoms with Gasteiger partial charge in [-0.3, -0.25) is 4.90 Å². The van der Waals surface area contributed by atoms with Crippen molar-refractivity contribution < 1.29 is 0 Å². The predicted octanol–water partition coefficient (Wildman–Crippen LogP) is 4.84. The lowest BCUT2D eigenvalue weighted by Crippen LogP contribution is -2.66. The summed E-state index contributed by atoms with van der Waals surface area (Å²) in [6.45, 7) is 17.8. The zero-order chi connectivity index (χ0) is 15.9. The molecule has 1 rings (SSSR count). The lowest BCUT2D eigenvalue weighted by Gasteiger charge is -2.52. The van der Waals surface area contributed by atoms with Gasteiger partial charge in [0.05, 0.1) is 0 Å². The van der Waals surface area contributed by atoms with Crippen LogP contribution in [0.25, 0.3) is 0 Å². The molecule has 0 aromatic carbocycles. The molecule has 1 aliphatic heterocycles. The molecule has 1 aliphatic rings. The zero-order valence-electron chi connectivity index (χ0n) is 15.6. The van der Waals surface area contributed by atoms with Crippen molar-refractivity contribution in [3.63, 3.8) is 0 Å². The second-order valence-electron chi connectivity index (χ2n) is 8.09. The second-order valence-corrected chi connectivity index (χ2v) is 8.09. The lowest BCUT2D eigenvalue weighted by atomic mass is 9.80. The van der Waals surface area contributed by atoms with Crippen LogP contribution in [-0.2, 0) is 0 Å². The molecule has 0 bridgehead atoms. The van der Waals surface area contributed by atoms with Gasteiger partial charge in [0.1, 0.15) is 0 Å². The average Bonchev–Trinajstić information content (AvgIpc) is 2.46. The normalized spacial score (nSPS) is 23.4. The van der Waals surface area contributed by atoms with Gasteiger partial charge in [-0.2, -0.15) is 0 Å². The van der Waals surface area contributed by atoms with Crippen LogP contribution in [-0.4, -0.2) is 36.1 Å². The Bertz CT molecular complexity index is 276. The highest BCUT2D eigenvalue weighted by molar-refractivity contribution is 5.00. The number of unbranched alkanes of at least 4 members (excludes halogenated alkanes) is 4. The molecule has 1 heterocycles. The van der Waals surface area contributed by atoms with E-state index in [2.05, 4.69) is 51.8 Å². The maximum absolute atomic E-state index is 3.85. The first-order chi connectivity index (χ1) is 9.89. The summed E-state index contributed by atoms with van der Waals surface area (Å²) in [6.07, 6.45) is 9.47. The van der Waals surface area contributed by atoms with Gasteiger partial charge < -0.3 is 5.32 Å². The fourth-order valence-electron chi connectivity index (χ4n) is 3.67. The Labute approximate surface area is 134 Å². The van der Waals surface area contributed by atoms with Gasteiger partial charge in [-0.1, -0.05) is 67.2 Å². The van der Waals surface area contributed by atoms with Crippen LogP contribution >= 0.6 is 0 Å². The first-order valence-corrected chi connectivity index (χ1v) is 9.38. The van der Waals surface area contributed by atoms with Gasteiger partial charge in [-0.05, 0) is 31.2 Å². The third-order valence-electron chi connectivity index (χ3n) is 5.64. The molecule has 2 nitrogen and oxygen atoms in total. The smallest absolute Gasteiger partial charge is 0.0329 e. The van der Waals surface area contributed by atoms with E-state index in [0.29, 0.717) is 17.0 Å². The van der Waals surface area contributed by atoms with E-state index < -0.39 is 0 Å². The molecule has 0 saturated carbocycles. The molecule has 126 valence electrons. The van der Waals surface area contributed by atoms with Crippen molar-refractivity contribution in [1.82, 2.24) is 10.2 Å². The Kier molecular flexibility index (Phi) is 7.70. The highest BCUT2D eigenvalue weighted by Crippen LogP contribution is 2.32. The van der Waals surface area contributed by atoms with Crippen molar-refractivity contribution in [1.29, 1.82) is 0 Å². The van der Waals surface area contributed by atoms with E-state index in [1.54, 1.807) is 0 Å². The second kappa shape index (κ2) is 8.53. The Morgan fingerprint density at radius 2 is 1.62 bits per heavy atom. The van der Waals surface area contributed by atoms with E-state index in [-0.39, 0.29) is 0 Å². The largest absolute Gasteiger partial charge is 0.310 e. The summed E-state index contributed by atoms with van der Waals surface area (Å²) in [5, 5.41) is 3.85. The Morgan fingerprint density at radius 1 is 1.00 bits per heavy atom. The van der Waals surface area contributed by atoms with E-state index in [1.807, 2.05) is 0 Å². The summed E-state index contributed by atoms with van der Waals surface area (Å²) in [5.41, 5.74) is 0.751. The summed E-state index contributed by atoms with van der Waals surface area (Å²) >= 11 is 0. The van der Waals surface area contributed by atoms with E-state index in [4.69, 9.17) is 0 Å². The molecule has 1 unspecified atom stereocenters. The molecule has 2 heteroatoms. The van der Waals surface area contributed by atoms with Crippen LogP contribution in [0.15, 0.2) is 0 Å². The molecule has 1 saturated heterocycles. The minimum Gasteiger partial charge on any atom is -0.310 e. The molecule has 0 aromatic heterocycles. The summed E-state index contributed by atoms with van der Waals surface area (Å²) < 4.78 is 0. The molecule has 1 atom stereocenters. The van der Waals surface area contributed by atoms with Crippen LogP contribution in [0.2, 0.25) is 0 Å². The van der Waals surface area contributed by atoms with Crippen molar-refractivity contribution in [2.45, 2.75) is 98.1 Å². The van der Waals surface area contributed by atoms with Crippen LogP contribution < -0.4 is 5.32 Å². The number of nitrogens with one attached hydrogen (secondary N) is 1. The molecule has 1 fully saturated rings. The Hall–Kier alpha value is -0.0800. The van der Waals surface area contributed by atoms with Gasteiger partial charge in [0.15, 0.2) is 0 Å². The quantitative estimate of drug-likeness (QED) is 0.645. The maximum atomic E-state index is 3.85. The zero-order valence-corrected chi connectivity index (χ0v) is 15.6. The van der Waals surface area contributed by atoms with Gasteiger partial charge >= 0.3 is 0 Å². The molecule has 0 spiro atoms. The minimum atomic E-state index is 0.355. The topological polar surface area (TPSA) is 15.3 Å². The van der Waals surface area contributed by atoms with Crippen LogP contribution in [0.1, 0.15) is 86.5 Å². The fourth-order valence-corrected chi connectivity index (χ4v) is 3.67. The van der Waals surface area contributed by atoms with Crippen LogP contribution in [0.4, 0.5) is 0 Å². The predicted molar refractivity (Wildman–Crippen MR) is 94.9 cm³/mol. The first-order valence-electron chi connectivity index (χ1n) is 9.38. The van der Waals surface area contributed by atoms with Gasteiger partial charge in [-0.15, -0.1) is 0 Å². The van der Waals surface area contributed by atoms with Gasteiger partial charge in [0.25, 0.3) is 0 Å². The van der Waals surface area contributed by atoms with Crippen molar-refractivity contribution in [3.8, 4) is 0 Å².